The molecule has 0 saturated heterocycles. The Hall–Kier alpha value is -7.63. The first kappa shape index (κ1) is 31.9. The Kier molecular flexibility index (Phi) is 7.42. The molecule has 0 saturated carbocycles. The van der Waals surface area contributed by atoms with Gasteiger partial charge in [-0.05, 0) is 63.7 Å². The highest BCUT2D eigenvalue weighted by molar-refractivity contribution is 6.11. The van der Waals surface area contributed by atoms with E-state index in [9.17, 15) is 0 Å². The highest BCUT2D eigenvalue weighted by Crippen LogP contribution is 2.37. The minimum Gasteiger partial charge on any atom is -0.278 e. The largest absolute Gasteiger partial charge is 0.278 e. The summed E-state index contributed by atoms with van der Waals surface area (Å²) < 4.78 is 4.41. The molecule has 0 aliphatic carbocycles. The Balaban J connectivity index is 1.22. The van der Waals surface area contributed by atoms with Gasteiger partial charge in [0.05, 0.1) is 22.1 Å². The molecule has 0 spiro atoms. The maximum atomic E-state index is 5.43. The van der Waals surface area contributed by atoms with Crippen molar-refractivity contribution in [1.29, 1.82) is 0 Å². The molecule has 0 atom stereocenters. The Morgan fingerprint density at radius 1 is 0.250 bits per heavy atom. The van der Waals surface area contributed by atoms with Crippen molar-refractivity contribution in [2.24, 2.45) is 0 Å². The second-order valence-corrected chi connectivity index (χ2v) is 14.1. The summed E-state index contributed by atoms with van der Waals surface area (Å²) in [6.45, 7) is 0. The summed E-state index contributed by atoms with van der Waals surface area (Å²) in [5.74, 6) is 1.70. The minimum atomic E-state index is 0.552. The number of benzene rings is 8. The van der Waals surface area contributed by atoms with E-state index in [0.29, 0.717) is 17.7 Å². The van der Waals surface area contributed by atoms with E-state index in [-0.39, 0.29) is 0 Å². The molecular formula is C51H33N5. The van der Waals surface area contributed by atoms with E-state index in [1.807, 2.05) is 6.07 Å². The van der Waals surface area contributed by atoms with Crippen molar-refractivity contribution in [3.05, 3.63) is 200 Å². The van der Waals surface area contributed by atoms with Crippen LogP contribution in [0.25, 0.3) is 100 Å². The first-order chi connectivity index (χ1) is 27.8. The van der Waals surface area contributed by atoms with Crippen molar-refractivity contribution in [3.8, 4) is 56.7 Å². The number of rotatable bonds is 6. The van der Waals surface area contributed by atoms with Crippen LogP contribution in [0.1, 0.15) is 0 Å². The van der Waals surface area contributed by atoms with Gasteiger partial charge in [0.15, 0.2) is 5.82 Å². The van der Waals surface area contributed by atoms with Crippen LogP contribution < -0.4 is 0 Å². The van der Waals surface area contributed by atoms with E-state index in [1.54, 1.807) is 0 Å². The molecule has 0 unspecified atom stereocenters. The molecule has 0 N–H and O–H groups in total. The van der Waals surface area contributed by atoms with Crippen LogP contribution in [0.15, 0.2) is 200 Å². The van der Waals surface area contributed by atoms with Crippen LogP contribution in [-0.2, 0) is 0 Å². The van der Waals surface area contributed by atoms with Gasteiger partial charge in [-0.2, -0.15) is 15.0 Å². The summed E-state index contributed by atoms with van der Waals surface area (Å²) in [6, 6.07) is 70.4. The molecule has 0 radical (unpaired) electrons. The third kappa shape index (κ3) is 5.29. The predicted molar refractivity (Wildman–Crippen MR) is 230 cm³/mol. The minimum absolute atomic E-state index is 0.552. The number of nitrogens with zero attached hydrogens (tertiary/aromatic N) is 5. The number of aromatic nitrogens is 5. The molecule has 8 aromatic carbocycles. The molecule has 0 aliphatic heterocycles. The molecule has 0 bridgehead atoms. The molecule has 11 rings (SSSR count). The van der Waals surface area contributed by atoms with E-state index in [4.69, 9.17) is 15.0 Å². The summed E-state index contributed by atoms with van der Waals surface area (Å²) >= 11 is 0. The molecule has 11 aromatic rings. The lowest BCUT2D eigenvalue weighted by molar-refractivity contribution is 0.893. The Morgan fingerprint density at radius 2 is 0.625 bits per heavy atom. The van der Waals surface area contributed by atoms with Crippen LogP contribution in [0.3, 0.4) is 0 Å². The summed E-state index contributed by atoms with van der Waals surface area (Å²) in [6.07, 6.45) is 0. The normalized spacial score (nSPS) is 11.6. The topological polar surface area (TPSA) is 48.5 Å². The van der Waals surface area contributed by atoms with E-state index >= 15 is 0 Å². The van der Waals surface area contributed by atoms with Gasteiger partial charge in [-0.1, -0.05) is 170 Å². The number of fused-ring (bicyclic) bond motifs is 6. The van der Waals surface area contributed by atoms with Gasteiger partial charge in [0.1, 0.15) is 0 Å². The SMILES string of the molecule is c1ccc(-c2cccc(-c3nc(-n4c5ccccc5c5ccc(-c6ccccc6)cc54)nc(-n4c5ccccc5c5ccc(-c6ccccc6)cc54)n3)c2)cc1. The average Bonchev–Trinajstić information content (AvgIpc) is 3.79. The number of hydrogen-bond donors (Lipinski definition) is 0. The van der Waals surface area contributed by atoms with Gasteiger partial charge in [-0.25, -0.2) is 0 Å². The fourth-order valence-electron chi connectivity index (χ4n) is 8.14. The lowest BCUT2D eigenvalue weighted by atomic mass is 10.0. The highest BCUT2D eigenvalue weighted by Gasteiger charge is 2.21. The van der Waals surface area contributed by atoms with Gasteiger partial charge in [-0.3, -0.25) is 9.13 Å². The Bertz CT molecular complexity index is 3060. The fourth-order valence-corrected chi connectivity index (χ4v) is 8.14. The quantitative estimate of drug-likeness (QED) is 0.172. The van der Waals surface area contributed by atoms with Crippen LogP contribution in [0.2, 0.25) is 0 Å². The zero-order valence-corrected chi connectivity index (χ0v) is 30.3. The van der Waals surface area contributed by atoms with Gasteiger partial charge in [-0.15, -0.1) is 0 Å². The molecule has 0 fully saturated rings. The molecular weight excluding hydrogens is 683 g/mol. The lowest BCUT2D eigenvalue weighted by Gasteiger charge is -2.13. The van der Waals surface area contributed by atoms with Gasteiger partial charge in [0.2, 0.25) is 11.9 Å². The second-order valence-electron chi connectivity index (χ2n) is 14.1. The smallest absolute Gasteiger partial charge is 0.240 e. The van der Waals surface area contributed by atoms with Crippen LogP contribution in [0.4, 0.5) is 0 Å². The van der Waals surface area contributed by atoms with Crippen molar-refractivity contribution in [3.63, 3.8) is 0 Å². The first-order valence-electron chi connectivity index (χ1n) is 18.9. The second kappa shape index (κ2) is 13.0. The average molecular weight is 716 g/mol. The van der Waals surface area contributed by atoms with Crippen molar-refractivity contribution >= 4 is 43.6 Å². The molecule has 0 aliphatic rings. The third-order valence-electron chi connectivity index (χ3n) is 10.8. The Labute approximate surface area is 323 Å². The first-order valence-corrected chi connectivity index (χ1v) is 18.9. The summed E-state index contributed by atoms with van der Waals surface area (Å²) in [4.78, 5) is 16.1. The molecule has 5 heteroatoms. The van der Waals surface area contributed by atoms with Gasteiger partial charge in [0.25, 0.3) is 0 Å². The van der Waals surface area contributed by atoms with Crippen molar-refractivity contribution in [2.45, 2.75) is 0 Å². The molecule has 3 heterocycles. The van der Waals surface area contributed by atoms with Crippen LogP contribution in [0.5, 0.6) is 0 Å². The molecule has 3 aromatic heterocycles. The van der Waals surface area contributed by atoms with E-state index in [1.165, 1.54) is 0 Å². The van der Waals surface area contributed by atoms with Crippen molar-refractivity contribution in [1.82, 2.24) is 24.1 Å². The van der Waals surface area contributed by atoms with Crippen LogP contribution in [0, 0.1) is 0 Å². The molecule has 56 heavy (non-hydrogen) atoms. The summed E-state index contributed by atoms with van der Waals surface area (Å²) in [7, 11) is 0. The van der Waals surface area contributed by atoms with Gasteiger partial charge in [0, 0.05) is 27.1 Å². The summed E-state index contributed by atoms with van der Waals surface area (Å²) in [5.41, 5.74) is 11.8. The lowest BCUT2D eigenvalue weighted by Crippen LogP contribution is -2.10. The zero-order chi connectivity index (χ0) is 37.0. The molecule has 0 amide bonds. The number of para-hydroxylation sites is 2. The zero-order valence-electron chi connectivity index (χ0n) is 30.3. The van der Waals surface area contributed by atoms with E-state index < -0.39 is 0 Å². The van der Waals surface area contributed by atoms with Crippen LogP contribution >= 0.6 is 0 Å². The van der Waals surface area contributed by atoms with E-state index in [0.717, 1.165) is 82.6 Å². The van der Waals surface area contributed by atoms with Crippen LogP contribution in [-0.4, -0.2) is 24.1 Å². The molecule has 262 valence electrons. The van der Waals surface area contributed by atoms with Gasteiger partial charge >= 0.3 is 0 Å². The van der Waals surface area contributed by atoms with E-state index in [2.05, 4.69) is 203 Å². The van der Waals surface area contributed by atoms with Crippen molar-refractivity contribution in [2.75, 3.05) is 0 Å². The predicted octanol–water partition coefficient (Wildman–Crippen LogP) is 12.7. The monoisotopic (exact) mass is 715 g/mol. The summed E-state index contributed by atoms with van der Waals surface area (Å²) in [5, 5.41) is 4.56. The van der Waals surface area contributed by atoms with Crippen molar-refractivity contribution < 1.29 is 0 Å². The Morgan fingerprint density at radius 3 is 1.11 bits per heavy atom. The molecule has 5 nitrogen and oxygen atoms in total. The standard InChI is InChI=1S/C51H33N5/c1-4-15-34(16-5-1)37-21-14-22-40(31-37)49-52-50(55-45-25-12-10-23-41(45)43-29-27-38(32-47(43)55)35-17-6-2-7-18-35)54-51(53-49)56-46-26-13-11-24-42(46)44-30-28-39(33-48(44)56)36-19-8-3-9-20-36/h1-33H. The maximum Gasteiger partial charge on any atom is 0.240 e. The third-order valence-corrected chi connectivity index (χ3v) is 10.8. The van der Waals surface area contributed by atoms with Gasteiger partial charge < -0.3 is 0 Å². The highest BCUT2D eigenvalue weighted by atomic mass is 15.3. The fraction of sp³-hybridized carbons (Fsp3) is 0. The number of hydrogen-bond acceptors (Lipinski definition) is 3. The maximum absolute atomic E-state index is 5.43.